The molecule has 0 saturated heterocycles. The molecule has 0 aliphatic carbocycles. The van der Waals surface area contributed by atoms with E-state index in [2.05, 4.69) is 4.98 Å². The first-order valence-electron chi connectivity index (χ1n) is 5.64. The van der Waals surface area contributed by atoms with E-state index in [1.54, 1.807) is 30.5 Å². The molecule has 0 amide bonds. The Morgan fingerprint density at radius 1 is 1.25 bits per heavy atom. The second kappa shape index (κ2) is 4.78. The van der Waals surface area contributed by atoms with Crippen molar-refractivity contribution < 1.29 is 14.4 Å². The van der Waals surface area contributed by atoms with Crippen molar-refractivity contribution in [3.05, 3.63) is 52.7 Å². The second-order valence-corrected chi connectivity index (χ2v) is 4.97. The molecule has 100 valence electrons. The number of thiazole rings is 1. The SMILES string of the molecule is O=[N+]([O-])c1ccc(-c2cnc(-c3ccccc3O)s2)o1. The molecule has 0 radical (unpaired) electrons. The van der Waals surface area contributed by atoms with Gasteiger partial charge in [0.2, 0.25) is 0 Å². The van der Waals surface area contributed by atoms with Gasteiger partial charge in [0.1, 0.15) is 15.7 Å². The molecule has 0 aliphatic rings. The molecule has 1 N–H and O–H groups in total. The Bertz CT molecular complexity index is 778. The lowest BCUT2D eigenvalue weighted by Crippen LogP contribution is -1.82. The lowest BCUT2D eigenvalue weighted by molar-refractivity contribution is -0.401. The van der Waals surface area contributed by atoms with E-state index in [4.69, 9.17) is 4.42 Å². The van der Waals surface area contributed by atoms with E-state index in [0.29, 0.717) is 21.2 Å². The van der Waals surface area contributed by atoms with Crippen LogP contribution in [-0.2, 0) is 0 Å². The summed E-state index contributed by atoms with van der Waals surface area (Å²) in [7, 11) is 0. The van der Waals surface area contributed by atoms with Crippen molar-refractivity contribution in [2.75, 3.05) is 0 Å². The Hall–Kier alpha value is -2.67. The molecule has 3 rings (SSSR count). The highest BCUT2D eigenvalue weighted by atomic mass is 32.1. The zero-order valence-corrected chi connectivity index (χ0v) is 10.8. The first-order valence-corrected chi connectivity index (χ1v) is 6.45. The highest BCUT2D eigenvalue weighted by molar-refractivity contribution is 7.18. The molecule has 1 aromatic carbocycles. The molecule has 0 atom stereocenters. The average molecular weight is 288 g/mol. The summed E-state index contributed by atoms with van der Waals surface area (Å²) in [6.07, 6.45) is 1.56. The first kappa shape index (κ1) is 12.4. The van der Waals surface area contributed by atoms with Crippen LogP contribution < -0.4 is 0 Å². The maximum absolute atomic E-state index is 10.6. The van der Waals surface area contributed by atoms with Crippen molar-refractivity contribution in [3.8, 4) is 27.0 Å². The van der Waals surface area contributed by atoms with Gasteiger partial charge in [0.15, 0.2) is 5.76 Å². The molecule has 2 aromatic heterocycles. The summed E-state index contributed by atoms with van der Waals surface area (Å²) in [4.78, 5) is 14.9. The Morgan fingerprint density at radius 2 is 2.05 bits per heavy atom. The number of hydrogen-bond donors (Lipinski definition) is 1. The minimum atomic E-state index is -0.589. The first-order chi connectivity index (χ1) is 9.65. The third-order valence-electron chi connectivity index (χ3n) is 2.65. The molecule has 0 fully saturated rings. The Labute approximate surface area is 117 Å². The number of nitro groups is 1. The van der Waals surface area contributed by atoms with Crippen LogP contribution >= 0.6 is 11.3 Å². The van der Waals surface area contributed by atoms with Crippen molar-refractivity contribution in [1.82, 2.24) is 4.98 Å². The number of rotatable bonds is 3. The van der Waals surface area contributed by atoms with Gasteiger partial charge in [-0.25, -0.2) is 4.98 Å². The maximum atomic E-state index is 10.6. The summed E-state index contributed by atoms with van der Waals surface area (Å²) >= 11 is 1.29. The molecular weight excluding hydrogens is 280 g/mol. The fraction of sp³-hybridized carbons (Fsp3) is 0. The van der Waals surface area contributed by atoms with Crippen LogP contribution in [0.25, 0.3) is 21.2 Å². The summed E-state index contributed by atoms with van der Waals surface area (Å²) in [5, 5.41) is 21.0. The summed E-state index contributed by atoms with van der Waals surface area (Å²) in [6, 6.07) is 9.68. The monoisotopic (exact) mass is 288 g/mol. The standard InChI is InChI=1S/C13H8N2O4S/c16-9-4-2-1-3-8(9)13-14-7-11(20-13)10-5-6-12(19-10)15(17)18/h1-7,16H. The number of furan rings is 1. The van der Waals surface area contributed by atoms with Crippen LogP contribution in [0.2, 0.25) is 0 Å². The van der Waals surface area contributed by atoms with E-state index in [0.717, 1.165) is 0 Å². The van der Waals surface area contributed by atoms with Crippen LogP contribution in [0.4, 0.5) is 5.88 Å². The molecule has 0 spiro atoms. The van der Waals surface area contributed by atoms with Gasteiger partial charge in [0.05, 0.1) is 16.5 Å². The molecule has 3 aromatic rings. The van der Waals surface area contributed by atoms with E-state index in [-0.39, 0.29) is 11.6 Å². The van der Waals surface area contributed by atoms with Gasteiger partial charge in [-0.2, -0.15) is 0 Å². The number of para-hydroxylation sites is 1. The molecule has 7 heteroatoms. The smallest absolute Gasteiger partial charge is 0.433 e. The largest absolute Gasteiger partial charge is 0.507 e. The maximum Gasteiger partial charge on any atom is 0.433 e. The zero-order chi connectivity index (χ0) is 14.1. The Morgan fingerprint density at radius 3 is 2.75 bits per heavy atom. The summed E-state index contributed by atoms with van der Waals surface area (Å²) in [5.41, 5.74) is 0.616. The second-order valence-electron chi connectivity index (χ2n) is 3.94. The lowest BCUT2D eigenvalue weighted by atomic mass is 10.2. The summed E-state index contributed by atoms with van der Waals surface area (Å²) in [6.45, 7) is 0. The van der Waals surface area contributed by atoms with Gasteiger partial charge in [0, 0.05) is 6.20 Å². The van der Waals surface area contributed by atoms with Crippen molar-refractivity contribution in [2.24, 2.45) is 0 Å². The molecule has 20 heavy (non-hydrogen) atoms. The highest BCUT2D eigenvalue weighted by Crippen LogP contribution is 2.37. The van der Waals surface area contributed by atoms with Crippen molar-refractivity contribution in [3.63, 3.8) is 0 Å². The van der Waals surface area contributed by atoms with Crippen LogP contribution in [0.3, 0.4) is 0 Å². The average Bonchev–Trinajstić information content (AvgIpc) is 3.08. The number of phenolic OH excluding ortho intramolecular Hbond substituents is 1. The van der Waals surface area contributed by atoms with Gasteiger partial charge in [-0.3, -0.25) is 10.1 Å². The molecule has 6 nitrogen and oxygen atoms in total. The van der Waals surface area contributed by atoms with E-state index in [1.165, 1.54) is 23.5 Å². The third-order valence-corrected chi connectivity index (χ3v) is 3.70. The van der Waals surface area contributed by atoms with Crippen LogP contribution in [0.5, 0.6) is 5.75 Å². The number of hydrogen-bond acceptors (Lipinski definition) is 6. The minimum Gasteiger partial charge on any atom is -0.507 e. The van der Waals surface area contributed by atoms with Gasteiger partial charge >= 0.3 is 5.88 Å². The molecular formula is C13H8N2O4S. The number of aromatic nitrogens is 1. The van der Waals surface area contributed by atoms with Crippen LogP contribution in [0.15, 0.2) is 47.0 Å². The molecule has 0 bridgehead atoms. The third kappa shape index (κ3) is 2.14. The quantitative estimate of drug-likeness (QED) is 0.586. The highest BCUT2D eigenvalue weighted by Gasteiger charge is 2.16. The lowest BCUT2D eigenvalue weighted by Gasteiger charge is -1.98. The Kier molecular flexibility index (Phi) is 2.96. The predicted octanol–water partition coefficient (Wildman–Crippen LogP) is 3.68. The van der Waals surface area contributed by atoms with Gasteiger partial charge < -0.3 is 9.52 Å². The minimum absolute atomic E-state index is 0.138. The van der Waals surface area contributed by atoms with Gasteiger partial charge in [-0.05, 0) is 18.2 Å². The van der Waals surface area contributed by atoms with Crippen LogP contribution in [0, 0.1) is 10.1 Å². The van der Waals surface area contributed by atoms with Crippen LogP contribution in [-0.4, -0.2) is 15.0 Å². The number of benzene rings is 1. The van der Waals surface area contributed by atoms with Crippen molar-refractivity contribution >= 4 is 17.2 Å². The fourth-order valence-electron chi connectivity index (χ4n) is 1.73. The van der Waals surface area contributed by atoms with E-state index in [9.17, 15) is 15.2 Å². The molecule has 0 unspecified atom stereocenters. The molecule has 0 aliphatic heterocycles. The number of phenols is 1. The van der Waals surface area contributed by atoms with Gasteiger partial charge in [-0.15, -0.1) is 11.3 Å². The van der Waals surface area contributed by atoms with Gasteiger partial charge in [0.25, 0.3) is 0 Å². The zero-order valence-electron chi connectivity index (χ0n) is 10.0. The molecule has 2 heterocycles. The van der Waals surface area contributed by atoms with Crippen LogP contribution in [0.1, 0.15) is 0 Å². The topological polar surface area (TPSA) is 89.4 Å². The summed E-state index contributed by atoms with van der Waals surface area (Å²) in [5.74, 6) is 0.215. The number of nitrogens with zero attached hydrogens (tertiary/aromatic N) is 2. The van der Waals surface area contributed by atoms with E-state index < -0.39 is 4.92 Å². The fourth-order valence-corrected chi connectivity index (χ4v) is 2.64. The predicted molar refractivity (Wildman–Crippen MR) is 73.6 cm³/mol. The summed E-state index contributed by atoms with van der Waals surface area (Å²) < 4.78 is 5.12. The molecule has 0 saturated carbocycles. The van der Waals surface area contributed by atoms with E-state index >= 15 is 0 Å². The van der Waals surface area contributed by atoms with Crippen molar-refractivity contribution in [2.45, 2.75) is 0 Å². The van der Waals surface area contributed by atoms with Crippen molar-refractivity contribution in [1.29, 1.82) is 0 Å². The van der Waals surface area contributed by atoms with E-state index in [1.807, 2.05) is 0 Å². The number of aromatic hydroxyl groups is 1. The Balaban J connectivity index is 1.98. The normalized spacial score (nSPS) is 10.6. The van der Waals surface area contributed by atoms with Gasteiger partial charge in [-0.1, -0.05) is 12.1 Å².